The lowest BCUT2D eigenvalue weighted by molar-refractivity contribution is -0.157. The fraction of sp³-hybridized carbons (Fsp3) is 0.421. The zero-order valence-electron chi connectivity index (χ0n) is 14.7. The number of nitrogens with one attached hydrogen (secondary N) is 2. The fourth-order valence-electron chi connectivity index (χ4n) is 2.45. The molecule has 0 radical (unpaired) electrons. The topological polar surface area (TPSA) is 54.1 Å². The van der Waals surface area contributed by atoms with E-state index in [1.54, 1.807) is 0 Å². The highest BCUT2D eigenvalue weighted by Crippen LogP contribution is 2.20. The molecule has 130 valence electrons. The molecule has 5 heteroatoms. The summed E-state index contributed by atoms with van der Waals surface area (Å²) in [6.07, 6.45) is 4.60. The molecule has 4 nitrogen and oxygen atoms in total. The summed E-state index contributed by atoms with van der Waals surface area (Å²) in [5.41, 5.74) is 1.70. The Bertz CT molecular complexity index is 728. The average molecular weight is 440 g/mol. The van der Waals surface area contributed by atoms with E-state index in [0.717, 1.165) is 16.5 Å². The minimum atomic E-state index is -0.495. The average Bonchev–Trinajstić information content (AvgIpc) is 2.92. The molecule has 0 unspecified atom stereocenters. The smallest absolute Gasteiger partial charge is 0.324 e. The first-order chi connectivity index (χ1) is 11.3. The number of H-pyrrole nitrogens is 1. The first kappa shape index (κ1) is 19.0. The third kappa shape index (κ3) is 5.34. The predicted octanol–water partition coefficient (Wildman–Crippen LogP) is 4.35. The molecule has 0 saturated carbocycles. The van der Waals surface area contributed by atoms with E-state index in [1.165, 1.54) is 3.58 Å². The van der Waals surface area contributed by atoms with Gasteiger partial charge in [0.2, 0.25) is 0 Å². The van der Waals surface area contributed by atoms with Crippen LogP contribution in [0.5, 0.6) is 0 Å². The molecule has 24 heavy (non-hydrogen) atoms. The Balaban J connectivity index is 2.19. The van der Waals surface area contributed by atoms with Gasteiger partial charge < -0.3 is 9.72 Å². The Labute approximate surface area is 157 Å². The van der Waals surface area contributed by atoms with Gasteiger partial charge >= 0.3 is 5.97 Å². The molecule has 0 saturated heterocycles. The number of benzene rings is 1. The Hall–Kier alpha value is -1.34. The number of halogens is 1. The zero-order valence-corrected chi connectivity index (χ0v) is 16.8. The molecule has 0 fully saturated rings. The van der Waals surface area contributed by atoms with Gasteiger partial charge in [-0.1, -0.05) is 24.3 Å². The number of aromatic nitrogens is 1. The second-order valence-electron chi connectivity index (χ2n) is 6.77. The van der Waals surface area contributed by atoms with Crippen LogP contribution in [-0.4, -0.2) is 29.1 Å². The lowest BCUT2D eigenvalue weighted by atomic mass is 10.0. The van der Waals surface area contributed by atoms with Gasteiger partial charge in [0, 0.05) is 33.6 Å². The van der Waals surface area contributed by atoms with Crippen molar-refractivity contribution in [2.75, 3.05) is 6.54 Å². The summed E-state index contributed by atoms with van der Waals surface area (Å²) in [6.45, 7) is 8.32. The van der Waals surface area contributed by atoms with Gasteiger partial charge in [-0.05, 0) is 61.9 Å². The quantitative estimate of drug-likeness (QED) is 0.519. The normalized spacial score (nSPS) is 14.0. The first-order valence-corrected chi connectivity index (χ1v) is 9.20. The number of rotatable bonds is 6. The Morgan fingerprint density at radius 2 is 2.08 bits per heavy atom. The molecule has 2 rings (SSSR count). The molecule has 1 aromatic heterocycles. The minimum absolute atomic E-state index is 0.215. The van der Waals surface area contributed by atoms with Crippen molar-refractivity contribution in [2.24, 2.45) is 0 Å². The summed E-state index contributed by atoms with van der Waals surface area (Å²) in [5.74, 6) is -0.215. The van der Waals surface area contributed by atoms with Crippen molar-refractivity contribution >= 4 is 39.5 Å². The highest BCUT2D eigenvalue weighted by Gasteiger charge is 2.26. The Kier molecular flexibility index (Phi) is 6.46. The van der Waals surface area contributed by atoms with Gasteiger partial charge in [0.25, 0.3) is 0 Å². The summed E-state index contributed by atoms with van der Waals surface area (Å²) in [5, 5.41) is 4.48. The number of ether oxygens (including phenoxy) is 1. The van der Waals surface area contributed by atoms with Gasteiger partial charge in [-0.15, -0.1) is 0 Å². The summed E-state index contributed by atoms with van der Waals surface area (Å²) < 4.78 is 6.76. The maximum atomic E-state index is 12.6. The van der Waals surface area contributed by atoms with Crippen LogP contribution >= 0.6 is 22.6 Å². The lowest BCUT2D eigenvalue weighted by Crippen LogP contribution is -2.43. The van der Waals surface area contributed by atoms with E-state index in [0.29, 0.717) is 13.0 Å². The van der Waals surface area contributed by atoms with Crippen molar-refractivity contribution in [3.05, 3.63) is 45.7 Å². The third-order valence-corrected chi connectivity index (χ3v) is 4.63. The van der Waals surface area contributed by atoms with Crippen LogP contribution in [-0.2, 0) is 16.0 Å². The van der Waals surface area contributed by atoms with E-state index >= 15 is 0 Å². The molecule has 1 heterocycles. The standard InChI is InChI=1S/C19H25IN2O2/c1-5-14(20)12-22-17(18(23)24-19(2,3)4)10-13-11-21-16-9-7-6-8-15(13)16/h5-9,11,17,21-22H,10,12H2,1-4H3/b14-5-/t17-/m0/s1. The zero-order chi connectivity index (χ0) is 17.7. The number of carbonyl (C=O) groups excluding carboxylic acids is 1. The summed E-state index contributed by atoms with van der Waals surface area (Å²) in [6, 6.07) is 7.74. The van der Waals surface area contributed by atoms with Crippen molar-refractivity contribution in [3.63, 3.8) is 0 Å². The third-order valence-electron chi connectivity index (χ3n) is 3.62. The number of allylic oxidation sites excluding steroid dienone is 1. The van der Waals surface area contributed by atoms with Gasteiger partial charge in [0.05, 0.1) is 0 Å². The van der Waals surface area contributed by atoms with E-state index < -0.39 is 5.60 Å². The van der Waals surface area contributed by atoms with E-state index in [4.69, 9.17) is 4.74 Å². The molecule has 0 bridgehead atoms. The number of fused-ring (bicyclic) bond motifs is 1. The maximum absolute atomic E-state index is 12.6. The highest BCUT2D eigenvalue weighted by molar-refractivity contribution is 14.1. The van der Waals surface area contributed by atoms with Crippen LogP contribution in [0.25, 0.3) is 10.9 Å². The SMILES string of the molecule is C/C=C(\I)CN[C@@H](Cc1c[nH]c2ccccc12)C(=O)OC(C)(C)C. The van der Waals surface area contributed by atoms with E-state index in [-0.39, 0.29) is 12.0 Å². The van der Waals surface area contributed by atoms with Gasteiger partial charge in [-0.2, -0.15) is 0 Å². The van der Waals surface area contributed by atoms with Crippen molar-refractivity contribution in [2.45, 2.75) is 45.8 Å². The van der Waals surface area contributed by atoms with Crippen LogP contribution in [0.4, 0.5) is 0 Å². The van der Waals surface area contributed by atoms with Crippen molar-refractivity contribution in [3.8, 4) is 0 Å². The molecule has 0 aliphatic carbocycles. The first-order valence-electron chi connectivity index (χ1n) is 8.12. The lowest BCUT2D eigenvalue weighted by Gasteiger charge is -2.24. The van der Waals surface area contributed by atoms with Crippen molar-refractivity contribution in [1.29, 1.82) is 0 Å². The van der Waals surface area contributed by atoms with Gasteiger partial charge in [-0.25, -0.2) is 0 Å². The molecule has 0 aliphatic heterocycles. The minimum Gasteiger partial charge on any atom is -0.459 e. The van der Waals surface area contributed by atoms with Crippen LogP contribution in [0, 0.1) is 0 Å². The van der Waals surface area contributed by atoms with Crippen molar-refractivity contribution in [1.82, 2.24) is 10.3 Å². The molecule has 2 N–H and O–H groups in total. The summed E-state index contributed by atoms with van der Waals surface area (Å²) in [7, 11) is 0. The molecule has 1 atom stereocenters. The largest absolute Gasteiger partial charge is 0.459 e. The molecule has 0 spiro atoms. The van der Waals surface area contributed by atoms with Crippen molar-refractivity contribution < 1.29 is 9.53 Å². The summed E-state index contributed by atoms with van der Waals surface area (Å²) in [4.78, 5) is 15.9. The van der Waals surface area contributed by atoms with Gasteiger partial charge in [-0.3, -0.25) is 10.1 Å². The number of esters is 1. The van der Waals surface area contributed by atoms with E-state index in [9.17, 15) is 4.79 Å². The monoisotopic (exact) mass is 440 g/mol. The van der Waals surface area contributed by atoms with E-state index in [1.807, 2.05) is 58.2 Å². The second-order valence-corrected chi connectivity index (χ2v) is 8.15. The number of para-hydroxylation sites is 1. The second kappa shape index (κ2) is 8.16. The predicted molar refractivity (Wildman–Crippen MR) is 107 cm³/mol. The number of carbonyl (C=O) groups is 1. The highest BCUT2D eigenvalue weighted by atomic mass is 127. The number of hydrogen-bond acceptors (Lipinski definition) is 3. The van der Waals surface area contributed by atoms with Gasteiger partial charge in [0.1, 0.15) is 11.6 Å². The number of hydrogen-bond donors (Lipinski definition) is 2. The molecule has 1 aromatic carbocycles. The molecular formula is C19H25IN2O2. The fourth-order valence-corrected chi connectivity index (χ4v) is 2.68. The van der Waals surface area contributed by atoms with Gasteiger partial charge in [0.15, 0.2) is 0 Å². The Morgan fingerprint density at radius 1 is 1.38 bits per heavy atom. The maximum Gasteiger partial charge on any atom is 0.324 e. The van der Waals surface area contributed by atoms with Crippen LogP contribution in [0.3, 0.4) is 0 Å². The molecule has 0 aliphatic rings. The number of aromatic amines is 1. The molecule has 0 amide bonds. The van der Waals surface area contributed by atoms with Crippen LogP contribution < -0.4 is 5.32 Å². The van der Waals surface area contributed by atoms with E-state index in [2.05, 4.69) is 39.0 Å². The Morgan fingerprint density at radius 3 is 2.75 bits per heavy atom. The molecular weight excluding hydrogens is 415 g/mol. The summed E-state index contributed by atoms with van der Waals surface area (Å²) >= 11 is 2.27. The van der Waals surface area contributed by atoms with Crippen LogP contribution in [0.2, 0.25) is 0 Å². The van der Waals surface area contributed by atoms with Crippen LogP contribution in [0.1, 0.15) is 33.3 Å². The van der Waals surface area contributed by atoms with Crippen LogP contribution in [0.15, 0.2) is 40.1 Å². The molecule has 2 aromatic rings.